The van der Waals surface area contributed by atoms with Crippen molar-refractivity contribution in [3.8, 4) is 5.75 Å². The fourth-order valence-electron chi connectivity index (χ4n) is 7.17. The van der Waals surface area contributed by atoms with E-state index in [0.29, 0.717) is 61.4 Å². The molecule has 2 fully saturated rings. The second-order valence-electron chi connectivity index (χ2n) is 13.7. The topological polar surface area (TPSA) is 78.9 Å². The Morgan fingerprint density at radius 1 is 0.978 bits per heavy atom. The number of halogens is 3. The molecule has 46 heavy (non-hydrogen) atoms. The SMILES string of the molecule is CC1(C)[C@@H]2CC[C@@]1(C)CN(C(=O)c1cccc(C(=O)N[C@@H](Cc3ccccc3)[C@H](O)CCCc3cccc(OC(F)(F)F)c3)c1)C2. The molecular weight excluding hydrogens is 593 g/mol. The van der Waals surface area contributed by atoms with Gasteiger partial charge in [0.1, 0.15) is 5.75 Å². The molecule has 0 aromatic heterocycles. The van der Waals surface area contributed by atoms with Crippen LogP contribution in [-0.2, 0) is 12.8 Å². The normalized spacial score (nSPS) is 21.8. The van der Waals surface area contributed by atoms with E-state index in [-0.39, 0.29) is 22.5 Å². The molecule has 3 aromatic rings. The number of benzene rings is 3. The van der Waals surface area contributed by atoms with Crippen molar-refractivity contribution in [1.82, 2.24) is 10.2 Å². The molecule has 9 heteroatoms. The molecule has 5 rings (SSSR count). The van der Waals surface area contributed by atoms with Crippen molar-refractivity contribution in [3.05, 3.63) is 101 Å². The summed E-state index contributed by atoms with van der Waals surface area (Å²) in [5.41, 5.74) is 2.62. The number of aliphatic hydroxyl groups is 1. The van der Waals surface area contributed by atoms with Crippen LogP contribution in [0.3, 0.4) is 0 Å². The van der Waals surface area contributed by atoms with E-state index in [1.165, 1.54) is 18.2 Å². The molecule has 1 aliphatic heterocycles. The Balaban J connectivity index is 1.24. The lowest BCUT2D eigenvalue weighted by molar-refractivity contribution is -0.274. The first-order chi connectivity index (χ1) is 21.7. The molecule has 2 amide bonds. The minimum atomic E-state index is -4.77. The summed E-state index contributed by atoms with van der Waals surface area (Å²) in [6, 6.07) is 21.4. The number of carbonyl (C=O) groups is 2. The van der Waals surface area contributed by atoms with Crippen LogP contribution in [0.4, 0.5) is 13.2 Å². The number of rotatable bonds is 11. The monoisotopic (exact) mass is 636 g/mol. The number of fused-ring (bicyclic) bond motifs is 2. The fourth-order valence-corrected chi connectivity index (χ4v) is 7.17. The van der Waals surface area contributed by atoms with E-state index < -0.39 is 24.4 Å². The summed E-state index contributed by atoms with van der Waals surface area (Å²) in [5, 5.41) is 14.2. The molecule has 1 aliphatic carbocycles. The van der Waals surface area contributed by atoms with Crippen molar-refractivity contribution in [2.45, 2.75) is 77.8 Å². The third-order valence-corrected chi connectivity index (χ3v) is 10.4. The van der Waals surface area contributed by atoms with Crippen LogP contribution in [0, 0.1) is 16.7 Å². The molecular formula is C37H43F3N2O4. The highest BCUT2D eigenvalue weighted by Crippen LogP contribution is 2.59. The van der Waals surface area contributed by atoms with Crippen molar-refractivity contribution in [1.29, 1.82) is 0 Å². The number of amides is 2. The maximum Gasteiger partial charge on any atom is 0.573 e. The third-order valence-electron chi connectivity index (χ3n) is 10.4. The Kier molecular flexibility index (Phi) is 9.82. The summed E-state index contributed by atoms with van der Waals surface area (Å²) in [5.74, 6) is -0.308. The summed E-state index contributed by atoms with van der Waals surface area (Å²) in [6.07, 6.45) is -1.88. The van der Waals surface area contributed by atoms with Crippen LogP contribution in [0.25, 0.3) is 0 Å². The van der Waals surface area contributed by atoms with Gasteiger partial charge in [-0.05, 0) is 96.7 Å². The number of nitrogens with zero attached hydrogens (tertiary/aromatic N) is 1. The summed E-state index contributed by atoms with van der Waals surface area (Å²) in [6.45, 7) is 8.29. The maximum atomic E-state index is 13.6. The van der Waals surface area contributed by atoms with Crippen LogP contribution in [0.2, 0.25) is 0 Å². The van der Waals surface area contributed by atoms with Gasteiger partial charge in [0.15, 0.2) is 0 Å². The Bertz CT molecular complexity index is 1530. The summed E-state index contributed by atoms with van der Waals surface area (Å²) in [7, 11) is 0. The quantitative estimate of drug-likeness (QED) is 0.233. The van der Waals surface area contributed by atoms with Crippen molar-refractivity contribution in [2.24, 2.45) is 16.7 Å². The third kappa shape index (κ3) is 7.74. The van der Waals surface area contributed by atoms with Crippen molar-refractivity contribution in [2.75, 3.05) is 13.1 Å². The molecule has 246 valence electrons. The predicted octanol–water partition coefficient (Wildman–Crippen LogP) is 7.21. The van der Waals surface area contributed by atoms with Gasteiger partial charge in [-0.15, -0.1) is 13.2 Å². The Morgan fingerprint density at radius 2 is 1.67 bits per heavy atom. The van der Waals surface area contributed by atoms with Crippen molar-refractivity contribution in [3.63, 3.8) is 0 Å². The highest BCUT2D eigenvalue weighted by molar-refractivity contribution is 6.00. The zero-order valence-corrected chi connectivity index (χ0v) is 26.6. The van der Waals surface area contributed by atoms with Gasteiger partial charge in [0.2, 0.25) is 0 Å². The molecule has 0 radical (unpaired) electrons. The first-order valence-electron chi connectivity index (χ1n) is 16.0. The molecule has 2 bridgehead atoms. The molecule has 0 spiro atoms. The number of aliphatic hydroxyl groups excluding tert-OH is 1. The number of alkyl halides is 3. The van der Waals surface area contributed by atoms with E-state index in [1.807, 2.05) is 35.2 Å². The maximum absolute atomic E-state index is 13.6. The molecule has 1 saturated carbocycles. The first-order valence-corrected chi connectivity index (χ1v) is 16.0. The van der Waals surface area contributed by atoms with E-state index in [0.717, 1.165) is 18.4 Å². The van der Waals surface area contributed by atoms with Gasteiger partial charge < -0.3 is 20.1 Å². The van der Waals surface area contributed by atoms with Crippen LogP contribution in [0.15, 0.2) is 78.9 Å². The number of hydrogen-bond acceptors (Lipinski definition) is 4. The fraction of sp³-hybridized carbons (Fsp3) is 0.459. The highest BCUT2D eigenvalue weighted by atomic mass is 19.4. The average molecular weight is 637 g/mol. The van der Waals surface area contributed by atoms with Gasteiger partial charge in [-0.25, -0.2) is 0 Å². The number of piperidine rings is 1. The van der Waals surface area contributed by atoms with Gasteiger partial charge in [-0.3, -0.25) is 9.59 Å². The number of nitrogens with one attached hydrogen (secondary N) is 1. The lowest BCUT2D eigenvalue weighted by atomic mass is 9.63. The standard InChI is InChI=1S/C37H43F3N2O4/c1-35(2)29-18-19-36(35,3)24-42(23-29)34(45)28-15-9-14-27(22-28)33(44)41-31(21-26-10-5-4-6-11-26)32(43)17-8-13-25-12-7-16-30(20-25)46-37(38,39)40/h4-7,9-12,14-16,20,22,29,31-32,43H,8,13,17-19,21,23-24H2,1-3H3,(H,41,44)/t29-,31+,32-,36+/m1/s1. The van der Waals surface area contributed by atoms with E-state index >= 15 is 0 Å². The smallest absolute Gasteiger partial charge is 0.406 e. The van der Waals surface area contributed by atoms with Gasteiger partial charge >= 0.3 is 6.36 Å². The molecule has 6 nitrogen and oxygen atoms in total. The Labute approximate surface area is 269 Å². The number of hydrogen-bond donors (Lipinski definition) is 2. The van der Waals surface area contributed by atoms with Crippen LogP contribution in [0.5, 0.6) is 5.75 Å². The van der Waals surface area contributed by atoms with Gasteiger partial charge in [0.05, 0.1) is 12.1 Å². The van der Waals surface area contributed by atoms with Gasteiger partial charge in [0.25, 0.3) is 11.8 Å². The second-order valence-corrected chi connectivity index (χ2v) is 13.7. The zero-order valence-electron chi connectivity index (χ0n) is 26.6. The van der Waals surface area contributed by atoms with E-state index in [1.54, 1.807) is 30.3 Å². The number of carbonyl (C=O) groups excluding carboxylic acids is 2. The number of likely N-dealkylation sites (tertiary alicyclic amines) is 1. The summed E-state index contributed by atoms with van der Waals surface area (Å²) in [4.78, 5) is 29.1. The predicted molar refractivity (Wildman–Crippen MR) is 170 cm³/mol. The second kappa shape index (κ2) is 13.5. The lowest BCUT2D eigenvalue weighted by Crippen LogP contribution is -2.53. The van der Waals surface area contributed by atoms with E-state index in [9.17, 15) is 27.9 Å². The van der Waals surface area contributed by atoms with Crippen LogP contribution >= 0.6 is 0 Å². The van der Waals surface area contributed by atoms with E-state index in [2.05, 4.69) is 30.8 Å². The largest absolute Gasteiger partial charge is 0.573 e. The number of aryl methyl sites for hydroxylation is 1. The Morgan fingerprint density at radius 3 is 2.39 bits per heavy atom. The average Bonchev–Trinajstić information content (AvgIpc) is 3.12. The van der Waals surface area contributed by atoms with Crippen LogP contribution < -0.4 is 10.1 Å². The minimum absolute atomic E-state index is 0.0566. The van der Waals surface area contributed by atoms with Gasteiger partial charge in [0, 0.05) is 24.2 Å². The van der Waals surface area contributed by atoms with Crippen molar-refractivity contribution >= 4 is 11.8 Å². The van der Waals surface area contributed by atoms with E-state index in [4.69, 9.17) is 0 Å². The zero-order chi connectivity index (χ0) is 33.1. The minimum Gasteiger partial charge on any atom is -0.406 e. The van der Waals surface area contributed by atoms with Gasteiger partial charge in [-0.1, -0.05) is 69.3 Å². The molecule has 2 aliphatic rings. The highest BCUT2D eigenvalue weighted by Gasteiger charge is 2.56. The molecule has 1 heterocycles. The summed E-state index contributed by atoms with van der Waals surface area (Å²) >= 11 is 0. The summed E-state index contributed by atoms with van der Waals surface area (Å²) < 4.78 is 41.9. The molecule has 0 unspecified atom stereocenters. The molecule has 2 N–H and O–H groups in total. The molecule has 1 saturated heterocycles. The van der Waals surface area contributed by atoms with Gasteiger partial charge in [-0.2, -0.15) is 0 Å². The van der Waals surface area contributed by atoms with Crippen LogP contribution in [0.1, 0.15) is 78.3 Å². The lowest BCUT2D eigenvalue weighted by Gasteiger charge is -2.50. The molecule has 3 aromatic carbocycles. The van der Waals surface area contributed by atoms with Crippen molar-refractivity contribution < 1.29 is 32.6 Å². The Hall–Kier alpha value is -3.85. The number of ether oxygens (including phenoxy) is 1. The van der Waals surface area contributed by atoms with Crippen LogP contribution in [-0.4, -0.2) is 53.4 Å². The first kappa shape index (κ1) is 33.5. The molecule has 4 atom stereocenters.